The molecule has 3 nitrogen and oxygen atoms in total. The first-order valence-corrected chi connectivity index (χ1v) is 6.25. The number of benzene rings is 1. The molecule has 1 aromatic carbocycles. The molecule has 2 rings (SSSR count). The predicted octanol–water partition coefficient (Wildman–Crippen LogP) is 1.79. The number of hydrogen-bond acceptors (Lipinski definition) is 2. The van der Waals surface area contributed by atoms with Crippen LogP contribution in [0.1, 0.15) is 34.3 Å². The molecular weight excluding hydrogens is 212 g/mol. The fourth-order valence-corrected chi connectivity index (χ4v) is 2.22. The Kier molecular flexibility index (Phi) is 3.79. The zero-order valence-corrected chi connectivity index (χ0v) is 10.5. The van der Waals surface area contributed by atoms with E-state index in [9.17, 15) is 4.79 Å². The molecule has 1 aliphatic rings. The molecule has 1 saturated heterocycles. The summed E-state index contributed by atoms with van der Waals surface area (Å²) in [5.41, 5.74) is 2.97. The van der Waals surface area contributed by atoms with Crippen LogP contribution in [0.2, 0.25) is 0 Å². The van der Waals surface area contributed by atoms with Gasteiger partial charge in [0.1, 0.15) is 0 Å². The van der Waals surface area contributed by atoms with E-state index in [0.717, 1.165) is 42.6 Å². The molecule has 2 N–H and O–H groups in total. The lowest BCUT2D eigenvalue weighted by Gasteiger charge is -2.24. The van der Waals surface area contributed by atoms with Crippen LogP contribution in [0.25, 0.3) is 0 Å². The van der Waals surface area contributed by atoms with Gasteiger partial charge in [0.05, 0.1) is 0 Å². The summed E-state index contributed by atoms with van der Waals surface area (Å²) >= 11 is 0. The molecule has 1 atom stereocenters. The third-order valence-electron chi connectivity index (χ3n) is 3.27. The van der Waals surface area contributed by atoms with Crippen molar-refractivity contribution >= 4 is 5.91 Å². The summed E-state index contributed by atoms with van der Waals surface area (Å²) in [5.74, 6) is 0.0555. The number of amides is 1. The average molecular weight is 232 g/mol. The number of nitrogens with one attached hydrogen (secondary N) is 2. The van der Waals surface area contributed by atoms with E-state index in [4.69, 9.17) is 0 Å². The summed E-state index contributed by atoms with van der Waals surface area (Å²) in [6, 6.07) is 6.27. The molecule has 1 amide bonds. The van der Waals surface area contributed by atoms with Gasteiger partial charge in [-0.3, -0.25) is 4.79 Å². The van der Waals surface area contributed by atoms with Crippen molar-refractivity contribution in [2.45, 2.75) is 32.7 Å². The molecule has 0 saturated carbocycles. The van der Waals surface area contributed by atoms with Crippen LogP contribution in [-0.2, 0) is 0 Å². The molecule has 1 aromatic rings. The van der Waals surface area contributed by atoms with Gasteiger partial charge in [-0.15, -0.1) is 0 Å². The molecule has 0 aliphatic carbocycles. The SMILES string of the molecule is Cc1ccc(C)c(C(=O)N[C@@H]2CCCNC2)c1. The van der Waals surface area contributed by atoms with Gasteiger partial charge in [-0.2, -0.15) is 0 Å². The minimum Gasteiger partial charge on any atom is -0.348 e. The maximum absolute atomic E-state index is 12.1. The van der Waals surface area contributed by atoms with Crippen molar-refractivity contribution in [1.82, 2.24) is 10.6 Å². The third-order valence-corrected chi connectivity index (χ3v) is 3.27. The lowest BCUT2D eigenvalue weighted by molar-refractivity contribution is 0.0930. The monoisotopic (exact) mass is 232 g/mol. The van der Waals surface area contributed by atoms with E-state index in [1.165, 1.54) is 0 Å². The second kappa shape index (κ2) is 5.32. The largest absolute Gasteiger partial charge is 0.348 e. The Balaban J connectivity index is 2.05. The summed E-state index contributed by atoms with van der Waals surface area (Å²) in [6.45, 7) is 5.94. The Morgan fingerprint density at radius 3 is 2.94 bits per heavy atom. The van der Waals surface area contributed by atoms with E-state index < -0.39 is 0 Å². The van der Waals surface area contributed by atoms with Gasteiger partial charge >= 0.3 is 0 Å². The van der Waals surface area contributed by atoms with Crippen LogP contribution >= 0.6 is 0 Å². The van der Waals surface area contributed by atoms with Crippen LogP contribution < -0.4 is 10.6 Å². The third kappa shape index (κ3) is 3.07. The Hall–Kier alpha value is -1.35. The van der Waals surface area contributed by atoms with Gasteiger partial charge in [0.15, 0.2) is 0 Å². The van der Waals surface area contributed by atoms with Gasteiger partial charge in [-0.1, -0.05) is 17.7 Å². The van der Waals surface area contributed by atoms with Gasteiger partial charge in [-0.05, 0) is 44.9 Å². The zero-order valence-electron chi connectivity index (χ0n) is 10.5. The van der Waals surface area contributed by atoms with E-state index in [-0.39, 0.29) is 11.9 Å². The summed E-state index contributed by atoms with van der Waals surface area (Å²) < 4.78 is 0. The Bertz CT molecular complexity index is 409. The molecule has 0 spiro atoms. The average Bonchev–Trinajstić information content (AvgIpc) is 2.33. The van der Waals surface area contributed by atoms with Crippen molar-refractivity contribution in [3.8, 4) is 0 Å². The van der Waals surface area contributed by atoms with Crippen LogP contribution in [0, 0.1) is 13.8 Å². The molecule has 0 aromatic heterocycles. The molecule has 3 heteroatoms. The molecule has 0 unspecified atom stereocenters. The first kappa shape index (κ1) is 12.1. The van der Waals surface area contributed by atoms with Crippen molar-refractivity contribution in [3.63, 3.8) is 0 Å². The minimum atomic E-state index is 0.0555. The quantitative estimate of drug-likeness (QED) is 0.816. The fraction of sp³-hybridized carbons (Fsp3) is 0.500. The number of piperidine rings is 1. The molecule has 0 bridgehead atoms. The second-order valence-corrected chi connectivity index (χ2v) is 4.84. The number of carbonyl (C=O) groups is 1. The van der Waals surface area contributed by atoms with Gasteiger partial charge in [0, 0.05) is 18.2 Å². The first-order chi connectivity index (χ1) is 8.16. The van der Waals surface area contributed by atoms with Gasteiger partial charge < -0.3 is 10.6 Å². The molecule has 1 fully saturated rings. The standard InChI is InChI=1S/C14H20N2O/c1-10-5-6-11(2)13(8-10)14(17)16-12-4-3-7-15-9-12/h5-6,8,12,15H,3-4,7,9H2,1-2H3,(H,16,17)/t12-/m1/s1. The van der Waals surface area contributed by atoms with Gasteiger partial charge in [0.2, 0.25) is 0 Å². The number of carbonyl (C=O) groups excluding carboxylic acids is 1. The maximum atomic E-state index is 12.1. The van der Waals surface area contributed by atoms with E-state index in [0.29, 0.717) is 0 Å². The minimum absolute atomic E-state index is 0.0555. The lowest BCUT2D eigenvalue weighted by Crippen LogP contribution is -2.45. The predicted molar refractivity (Wildman–Crippen MR) is 69.3 cm³/mol. The van der Waals surface area contributed by atoms with E-state index in [1.807, 2.05) is 32.0 Å². The van der Waals surface area contributed by atoms with E-state index in [1.54, 1.807) is 0 Å². The molecular formula is C14H20N2O. The summed E-state index contributed by atoms with van der Waals surface area (Å²) in [5, 5.41) is 6.40. The highest BCUT2D eigenvalue weighted by Gasteiger charge is 2.17. The summed E-state index contributed by atoms with van der Waals surface area (Å²) in [6.07, 6.45) is 2.21. The number of rotatable bonds is 2. The summed E-state index contributed by atoms with van der Waals surface area (Å²) in [7, 11) is 0. The molecule has 92 valence electrons. The van der Waals surface area contributed by atoms with Crippen molar-refractivity contribution in [2.75, 3.05) is 13.1 Å². The molecule has 17 heavy (non-hydrogen) atoms. The van der Waals surface area contributed by atoms with Crippen molar-refractivity contribution in [3.05, 3.63) is 34.9 Å². The second-order valence-electron chi connectivity index (χ2n) is 4.84. The highest BCUT2D eigenvalue weighted by molar-refractivity contribution is 5.96. The van der Waals surface area contributed by atoms with Crippen molar-refractivity contribution < 1.29 is 4.79 Å². The van der Waals surface area contributed by atoms with Gasteiger partial charge in [0.25, 0.3) is 5.91 Å². The lowest BCUT2D eigenvalue weighted by atomic mass is 10.0. The molecule has 0 radical (unpaired) electrons. The number of hydrogen-bond donors (Lipinski definition) is 2. The van der Waals surface area contributed by atoms with Crippen LogP contribution in [-0.4, -0.2) is 25.0 Å². The topological polar surface area (TPSA) is 41.1 Å². The first-order valence-electron chi connectivity index (χ1n) is 6.25. The summed E-state index contributed by atoms with van der Waals surface area (Å²) in [4.78, 5) is 12.1. The van der Waals surface area contributed by atoms with Crippen LogP contribution in [0.3, 0.4) is 0 Å². The molecule has 1 heterocycles. The highest BCUT2D eigenvalue weighted by Crippen LogP contribution is 2.11. The highest BCUT2D eigenvalue weighted by atomic mass is 16.1. The Morgan fingerprint density at radius 1 is 1.41 bits per heavy atom. The van der Waals surface area contributed by atoms with Gasteiger partial charge in [-0.25, -0.2) is 0 Å². The van der Waals surface area contributed by atoms with E-state index >= 15 is 0 Å². The normalized spacial score (nSPS) is 20.0. The Labute approximate surface area is 103 Å². The Morgan fingerprint density at radius 2 is 2.24 bits per heavy atom. The van der Waals surface area contributed by atoms with Crippen molar-refractivity contribution in [1.29, 1.82) is 0 Å². The fourth-order valence-electron chi connectivity index (χ4n) is 2.22. The van der Waals surface area contributed by atoms with Crippen LogP contribution in [0.5, 0.6) is 0 Å². The van der Waals surface area contributed by atoms with Crippen LogP contribution in [0.15, 0.2) is 18.2 Å². The zero-order chi connectivity index (χ0) is 12.3. The van der Waals surface area contributed by atoms with Crippen LogP contribution in [0.4, 0.5) is 0 Å². The van der Waals surface area contributed by atoms with Crippen molar-refractivity contribution in [2.24, 2.45) is 0 Å². The smallest absolute Gasteiger partial charge is 0.251 e. The number of aryl methyl sites for hydroxylation is 2. The molecule has 1 aliphatic heterocycles. The maximum Gasteiger partial charge on any atom is 0.251 e. The van der Waals surface area contributed by atoms with E-state index in [2.05, 4.69) is 10.6 Å².